The molecule has 0 heterocycles. The number of alkyl halides is 2. The van der Waals surface area contributed by atoms with Crippen molar-refractivity contribution >= 4 is 0 Å². The molecule has 0 bridgehead atoms. The Morgan fingerprint density at radius 2 is 2.00 bits per heavy atom. The molecule has 0 saturated heterocycles. The third kappa shape index (κ3) is 2.87. The minimum absolute atomic E-state index is 0.0763. The molecule has 0 fully saturated rings. The lowest BCUT2D eigenvalue weighted by molar-refractivity contribution is -0.0514. The van der Waals surface area contributed by atoms with Crippen molar-refractivity contribution in [2.24, 2.45) is 0 Å². The summed E-state index contributed by atoms with van der Waals surface area (Å²) < 4.78 is 33.4. The van der Waals surface area contributed by atoms with Crippen molar-refractivity contribution in [1.29, 1.82) is 0 Å². The third-order valence-electron chi connectivity index (χ3n) is 1.62. The molecule has 0 amide bonds. The van der Waals surface area contributed by atoms with Gasteiger partial charge in [-0.05, 0) is 31.5 Å². The lowest BCUT2D eigenvalue weighted by Gasteiger charge is -2.11. The first-order valence-corrected chi connectivity index (χ1v) is 4.31. The molecule has 14 heavy (non-hydrogen) atoms. The van der Waals surface area contributed by atoms with Crippen molar-refractivity contribution in [2.45, 2.75) is 20.5 Å². The second kappa shape index (κ2) is 4.79. The molecule has 1 rings (SSSR count). The van der Waals surface area contributed by atoms with Crippen LogP contribution in [0.4, 0.5) is 8.78 Å². The lowest BCUT2D eigenvalue weighted by Crippen LogP contribution is -2.04. The number of rotatable bonds is 4. The van der Waals surface area contributed by atoms with Gasteiger partial charge in [0.05, 0.1) is 6.61 Å². The highest BCUT2D eigenvalue weighted by Crippen LogP contribution is 2.29. The zero-order valence-corrected chi connectivity index (χ0v) is 8.09. The van der Waals surface area contributed by atoms with Crippen molar-refractivity contribution in [3.63, 3.8) is 0 Å². The van der Waals surface area contributed by atoms with Crippen molar-refractivity contribution < 1.29 is 18.3 Å². The maximum absolute atomic E-state index is 12.0. The Bertz CT molecular complexity index is 300. The molecular weight excluding hydrogens is 190 g/mol. The van der Waals surface area contributed by atoms with Gasteiger partial charge in [-0.1, -0.05) is 6.07 Å². The van der Waals surface area contributed by atoms with E-state index >= 15 is 0 Å². The molecule has 0 unspecified atom stereocenters. The summed E-state index contributed by atoms with van der Waals surface area (Å²) in [5.41, 5.74) is 0.940. The fourth-order valence-electron chi connectivity index (χ4n) is 1.08. The van der Waals surface area contributed by atoms with Gasteiger partial charge in [-0.15, -0.1) is 0 Å². The molecule has 0 saturated carbocycles. The summed E-state index contributed by atoms with van der Waals surface area (Å²) in [7, 11) is 0. The number of ether oxygens (including phenoxy) is 2. The van der Waals surface area contributed by atoms with E-state index in [2.05, 4.69) is 4.74 Å². The quantitative estimate of drug-likeness (QED) is 0.747. The van der Waals surface area contributed by atoms with E-state index in [0.29, 0.717) is 12.4 Å². The molecule has 1 aromatic rings. The average molecular weight is 202 g/mol. The Morgan fingerprint density at radius 3 is 2.57 bits per heavy atom. The van der Waals surface area contributed by atoms with Crippen LogP contribution in [0.2, 0.25) is 0 Å². The highest BCUT2D eigenvalue weighted by molar-refractivity contribution is 5.42. The van der Waals surface area contributed by atoms with E-state index in [1.54, 1.807) is 19.1 Å². The predicted octanol–water partition coefficient (Wildman–Crippen LogP) is 3.00. The number of hydrogen-bond acceptors (Lipinski definition) is 2. The average Bonchev–Trinajstić information content (AvgIpc) is 2.09. The molecule has 0 atom stereocenters. The van der Waals surface area contributed by atoms with Gasteiger partial charge < -0.3 is 9.47 Å². The van der Waals surface area contributed by atoms with E-state index in [0.717, 1.165) is 5.56 Å². The number of hydrogen-bond donors (Lipinski definition) is 0. The molecule has 0 radical (unpaired) electrons. The fourth-order valence-corrected chi connectivity index (χ4v) is 1.08. The smallest absolute Gasteiger partial charge is 0.387 e. The molecule has 78 valence electrons. The van der Waals surface area contributed by atoms with Crippen molar-refractivity contribution in [1.82, 2.24) is 0 Å². The third-order valence-corrected chi connectivity index (χ3v) is 1.62. The Balaban J connectivity index is 2.89. The second-order valence-electron chi connectivity index (χ2n) is 2.76. The molecule has 0 N–H and O–H groups in total. The van der Waals surface area contributed by atoms with Gasteiger partial charge in [-0.2, -0.15) is 8.78 Å². The van der Waals surface area contributed by atoms with Gasteiger partial charge in [0.2, 0.25) is 0 Å². The fraction of sp³-hybridized carbons (Fsp3) is 0.400. The SMILES string of the molecule is CCOc1cc(C)ccc1OC(F)F. The van der Waals surface area contributed by atoms with Crippen LogP contribution in [0, 0.1) is 6.92 Å². The van der Waals surface area contributed by atoms with Gasteiger partial charge in [0.25, 0.3) is 0 Å². The highest BCUT2D eigenvalue weighted by atomic mass is 19.3. The monoisotopic (exact) mass is 202 g/mol. The molecule has 4 heteroatoms. The minimum atomic E-state index is -2.82. The Morgan fingerprint density at radius 1 is 1.29 bits per heavy atom. The second-order valence-corrected chi connectivity index (χ2v) is 2.76. The predicted molar refractivity (Wildman–Crippen MR) is 49.0 cm³/mol. The maximum atomic E-state index is 12.0. The van der Waals surface area contributed by atoms with Gasteiger partial charge in [0.15, 0.2) is 11.5 Å². The summed E-state index contributed by atoms with van der Waals surface area (Å²) in [4.78, 5) is 0. The van der Waals surface area contributed by atoms with Crippen LogP contribution in [0.25, 0.3) is 0 Å². The van der Waals surface area contributed by atoms with Gasteiger partial charge in [-0.25, -0.2) is 0 Å². The number of benzene rings is 1. The molecule has 0 aromatic heterocycles. The summed E-state index contributed by atoms with van der Waals surface area (Å²) >= 11 is 0. The normalized spacial score (nSPS) is 10.4. The van der Waals surface area contributed by atoms with Crippen LogP contribution in [0.15, 0.2) is 18.2 Å². The van der Waals surface area contributed by atoms with Crippen molar-refractivity contribution in [3.05, 3.63) is 23.8 Å². The zero-order chi connectivity index (χ0) is 10.6. The van der Waals surface area contributed by atoms with E-state index in [1.165, 1.54) is 6.07 Å². The van der Waals surface area contributed by atoms with Crippen LogP contribution in [0.5, 0.6) is 11.5 Å². The first-order valence-electron chi connectivity index (χ1n) is 4.31. The summed E-state index contributed by atoms with van der Waals surface area (Å²) in [6.07, 6.45) is 0. The van der Waals surface area contributed by atoms with E-state index in [9.17, 15) is 8.78 Å². The largest absolute Gasteiger partial charge is 0.490 e. The summed E-state index contributed by atoms with van der Waals surface area (Å²) in [6.45, 7) is 1.24. The van der Waals surface area contributed by atoms with Gasteiger partial charge in [-0.3, -0.25) is 0 Å². The highest BCUT2D eigenvalue weighted by Gasteiger charge is 2.10. The molecule has 0 aliphatic rings. The van der Waals surface area contributed by atoms with Gasteiger partial charge >= 0.3 is 6.61 Å². The zero-order valence-electron chi connectivity index (χ0n) is 8.09. The molecule has 0 spiro atoms. The first-order chi connectivity index (χ1) is 6.63. The van der Waals surface area contributed by atoms with Crippen molar-refractivity contribution in [2.75, 3.05) is 6.61 Å². The lowest BCUT2D eigenvalue weighted by atomic mass is 10.2. The van der Waals surface area contributed by atoms with Crippen LogP contribution >= 0.6 is 0 Å². The molecule has 2 nitrogen and oxygen atoms in total. The van der Waals surface area contributed by atoms with Crippen LogP contribution < -0.4 is 9.47 Å². The Labute approximate surface area is 81.4 Å². The summed E-state index contributed by atoms with van der Waals surface area (Å²) in [5.74, 6) is 0.431. The standard InChI is InChI=1S/C10H12F2O2/c1-3-13-9-6-7(2)4-5-8(9)14-10(11)12/h4-6,10H,3H2,1-2H3. The van der Waals surface area contributed by atoms with Crippen LogP contribution in [-0.4, -0.2) is 13.2 Å². The number of aryl methyl sites for hydroxylation is 1. The van der Waals surface area contributed by atoms with Crippen LogP contribution in [-0.2, 0) is 0 Å². The van der Waals surface area contributed by atoms with E-state index in [4.69, 9.17) is 4.74 Å². The van der Waals surface area contributed by atoms with Crippen LogP contribution in [0.3, 0.4) is 0 Å². The molecule has 1 aromatic carbocycles. The topological polar surface area (TPSA) is 18.5 Å². The summed E-state index contributed by atoms with van der Waals surface area (Å²) in [6, 6.07) is 4.84. The van der Waals surface area contributed by atoms with E-state index in [-0.39, 0.29) is 5.75 Å². The van der Waals surface area contributed by atoms with Gasteiger partial charge in [0, 0.05) is 0 Å². The minimum Gasteiger partial charge on any atom is -0.490 e. The van der Waals surface area contributed by atoms with E-state index in [1.807, 2.05) is 6.92 Å². The molecule has 0 aliphatic heterocycles. The first kappa shape index (κ1) is 10.8. The van der Waals surface area contributed by atoms with E-state index < -0.39 is 6.61 Å². The molecular formula is C10H12F2O2. The Hall–Kier alpha value is -1.32. The Kier molecular flexibility index (Phi) is 3.68. The maximum Gasteiger partial charge on any atom is 0.387 e. The molecule has 0 aliphatic carbocycles. The number of halogens is 2. The van der Waals surface area contributed by atoms with Crippen LogP contribution in [0.1, 0.15) is 12.5 Å². The summed E-state index contributed by atoms with van der Waals surface area (Å²) in [5, 5.41) is 0. The van der Waals surface area contributed by atoms with Crippen molar-refractivity contribution in [3.8, 4) is 11.5 Å². The van der Waals surface area contributed by atoms with Gasteiger partial charge in [0.1, 0.15) is 0 Å².